The Balaban J connectivity index is 2.13. The first kappa shape index (κ1) is 14.9. The van der Waals surface area contributed by atoms with E-state index >= 15 is 0 Å². The fraction of sp³-hybridized carbons (Fsp3) is 0.500. The summed E-state index contributed by atoms with van der Waals surface area (Å²) in [7, 11) is 0. The van der Waals surface area contributed by atoms with Gasteiger partial charge in [-0.05, 0) is 12.1 Å². The van der Waals surface area contributed by atoms with E-state index in [9.17, 15) is 18.0 Å². The van der Waals surface area contributed by atoms with Gasteiger partial charge in [0.1, 0.15) is 11.7 Å². The molecule has 0 radical (unpaired) electrons. The first-order valence-corrected chi connectivity index (χ1v) is 6.58. The molecular formula is C12H13ClF3N3O. The molecule has 0 atom stereocenters. The maximum atomic E-state index is 12.9. The molecule has 1 aliphatic rings. The topological polar surface area (TPSA) is 36.4 Å². The summed E-state index contributed by atoms with van der Waals surface area (Å²) in [6.45, 7) is 1.31. The molecule has 1 aromatic rings. The van der Waals surface area contributed by atoms with Crippen LogP contribution >= 0.6 is 11.6 Å². The Hall–Kier alpha value is -1.50. The highest BCUT2D eigenvalue weighted by atomic mass is 35.5. The van der Waals surface area contributed by atoms with Gasteiger partial charge in [-0.25, -0.2) is 4.98 Å². The number of alkyl halides is 4. The van der Waals surface area contributed by atoms with E-state index in [1.54, 1.807) is 9.80 Å². The summed E-state index contributed by atoms with van der Waals surface area (Å²) in [6, 6.07) is 2.28. The summed E-state index contributed by atoms with van der Waals surface area (Å²) in [5, 5.41) is 0. The molecule has 1 amide bonds. The lowest BCUT2D eigenvalue weighted by Crippen LogP contribution is -2.49. The van der Waals surface area contributed by atoms with Gasteiger partial charge >= 0.3 is 6.18 Å². The summed E-state index contributed by atoms with van der Waals surface area (Å²) >= 11 is 5.46. The fourth-order valence-corrected chi connectivity index (χ4v) is 2.29. The van der Waals surface area contributed by atoms with E-state index in [4.69, 9.17) is 11.6 Å². The maximum Gasteiger partial charge on any atom is 0.419 e. The van der Waals surface area contributed by atoms with Gasteiger partial charge in [-0.15, -0.1) is 11.6 Å². The average molecular weight is 308 g/mol. The molecule has 0 spiro atoms. The lowest BCUT2D eigenvalue weighted by atomic mass is 10.2. The lowest BCUT2D eigenvalue weighted by Gasteiger charge is -2.36. The van der Waals surface area contributed by atoms with Gasteiger partial charge in [-0.2, -0.15) is 13.2 Å². The number of aromatic nitrogens is 1. The van der Waals surface area contributed by atoms with Crippen LogP contribution in [0.15, 0.2) is 18.3 Å². The van der Waals surface area contributed by atoms with Gasteiger partial charge in [0.15, 0.2) is 0 Å². The predicted octanol–water partition coefficient (Wildman–Crippen LogP) is 1.99. The van der Waals surface area contributed by atoms with Crippen molar-refractivity contribution in [2.45, 2.75) is 6.18 Å². The van der Waals surface area contributed by atoms with Crippen LogP contribution in [0, 0.1) is 0 Å². The minimum Gasteiger partial charge on any atom is -0.353 e. The monoisotopic (exact) mass is 307 g/mol. The normalized spacial score (nSPS) is 16.4. The number of amides is 1. The zero-order chi connectivity index (χ0) is 14.8. The number of carbonyl (C=O) groups excluding carboxylic acids is 1. The van der Waals surface area contributed by atoms with Crippen LogP contribution in [0.2, 0.25) is 0 Å². The molecule has 0 saturated carbocycles. The fourth-order valence-electron chi connectivity index (χ4n) is 2.12. The van der Waals surface area contributed by atoms with Gasteiger partial charge in [0.05, 0.1) is 5.56 Å². The van der Waals surface area contributed by atoms with Crippen LogP contribution < -0.4 is 4.90 Å². The molecule has 20 heavy (non-hydrogen) atoms. The molecular weight excluding hydrogens is 295 g/mol. The largest absolute Gasteiger partial charge is 0.419 e. The standard InChI is InChI=1S/C12H13ClF3N3O/c13-8-10(20)18-4-6-19(7-5-18)11-9(12(14,15)16)2-1-3-17-11/h1-3H,4-8H2. The van der Waals surface area contributed by atoms with Crippen LogP contribution in [0.4, 0.5) is 19.0 Å². The second kappa shape index (κ2) is 5.87. The van der Waals surface area contributed by atoms with Gasteiger partial charge in [0, 0.05) is 32.4 Å². The number of halogens is 4. The number of rotatable bonds is 2. The van der Waals surface area contributed by atoms with Gasteiger partial charge in [0.25, 0.3) is 0 Å². The highest BCUT2D eigenvalue weighted by molar-refractivity contribution is 6.27. The van der Waals surface area contributed by atoms with E-state index in [0.29, 0.717) is 26.2 Å². The number of carbonyl (C=O) groups is 1. The van der Waals surface area contributed by atoms with Crippen molar-refractivity contribution in [2.75, 3.05) is 37.0 Å². The zero-order valence-corrected chi connectivity index (χ0v) is 11.3. The smallest absolute Gasteiger partial charge is 0.353 e. The van der Waals surface area contributed by atoms with Crippen molar-refractivity contribution in [1.29, 1.82) is 0 Å². The molecule has 0 bridgehead atoms. The van der Waals surface area contributed by atoms with Crippen LogP contribution in [0.5, 0.6) is 0 Å². The summed E-state index contributed by atoms with van der Waals surface area (Å²) in [5.41, 5.74) is -0.753. The molecule has 0 aliphatic carbocycles. The van der Waals surface area contributed by atoms with Crippen LogP contribution in [0.3, 0.4) is 0 Å². The highest BCUT2D eigenvalue weighted by Crippen LogP contribution is 2.35. The average Bonchev–Trinajstić information content (AvgIpc) is 2.46. The van der Waals surface area contributed by atoms with Crippen LogP contribution in [0.25, 0.3) is 0 Å². The van der Waals surface area contributed by atoms with Crippen molar-refractivity contribution in [3.63, 3.8) is 0 Å². The number of hydrogen-bond acceptors (Lipinski definition) is 3. The van der Waals surface area contributed by atoms with E-state index < -0.39 is 11.7 Å². The van der Waals surface area contributed by atoms with E-state index in [2.05, 4.69) is 4.98 Å². The molecule has 0 unspecified atom stereocenters. The van der Waals surface area contributed by atoms with Crippen molar-refractivity contribution >= 4 is 23.3 Å². The quantitative estimate of drug-likeness (QED) is 0.784. The molecule has 0 N–H and O–H groups in total. The minimum absolute atomic E-state index is 0.0852. The number of hydrogen-bond donors (Lipinski definition) is 0. The van der Waals surface area contributed by atoms with Gasteiger partial charge in [-0.1, -0.05) is 0 Å². The van der Waals surface area contributed by atoms with Gasteiger partial charge < -0.3 is 9.80 Å². The summed E-state index contributed by atoms with van der Waals surface area (Å²) in [5.74, 6) is -0.404. The molecule has 1 saturated heterocycles. The van der Waals surface area contributed by atoms with Crippen molar-refractivity contribution in [3.8, 4) is 0 Å². The maximum absolute atomic E-state index is 12.9. The SMILES string of the molecule is O=C(CCl)N1CCN(c2ncccc2C(F)(F)F)CC1. The summed E-state index contributed by atoms with van der Waals surface area (Å²) in [6.07, 6.45) is -3.10. The Kier molecular flexibility index (Phi) is 4.37. The summed E-state index contributed by atoms with van der Waals surface area (Å²) in [4.78, 5) is 18.3. The molecule has 4 nitrogen and oxygen atoms in total. The molecule has 1 aliphatic heterocycles. The first-order valence-electron chi connectivity index (χ1n) is 6.04. The Bertz CT molecular complexity index is 487. The van der Waals surface area contributed by atoms with E-state index in [1.807, 2.05) is 0 Å². The van der Waals surface area contributed by atoms with Crippen LogP contribution in [0.1, 0.15) is 5.56 Å². The Morgan fingerprint density at radius 3 is 2.50 bits per heavy atom. The minimum atomic E-state index is -4.44. The Labute approximate surface area is 119 Å². The molecule has 1 fully saturated rings. The number of nitrogens with zero attached hydrogens (tertiary/aromatic N) is 3. The Morgan fingerprint density at radius 1 is 1.30 bits per heavy atom. The van der Waals surface area contributed by atoms with Crippen molar-refractivity contribution in [3.05, 3.63) is 23.9 Å². The Morgan fingerprint density at radius 2 is 1.95 bits per heavy atom. The molecule has 110 valence electrons. The second-order valence-electron chi connectivity index (χ2n) is 4.37. The van der Waals surface area contributed by atoms with E-state index in [1.165, 1.54) is 12.3 Å². The van der Waals surface area contributed by atoms with Crippen molar-refractivity contribution in [2.24, 2.45) is 0 Å². The molecule has 0 aromatic carbocycles. The van der Waals surface area contributed by atoms with Crippen LogP contribution in [-0.4, -0.2) is 47.9 Å². The highest BCUT2D eigenvalue weighted by Gasteiger charge is 2.36. The number of pyridine rings is 1. The molecule has 2 rings (SSSR count). The van der Waals surface area contributed by atoms with Gasteiger partial charge in [0.2, 0.25) is 5.91 Å². The molecule has 1 aromatic heterocycles. The van der Waals surface area contributed by atoms with Gasteiger partial charge in [-0.3, -0.25) is 4.79 Å². The number of piperazine rings is 1. The second-order valence-corrected chi connectivity index (χ2v) is 4.64. The zero-order valence-electron chi connectivity index (χ0n) is 10.5. The lowest BCUT2D eigenvalue weighted by molar-refractivity contribution is -0.137. The first-order chi connectivity index (χ1) is 9.43. The third kappa shape index (κ3) is 3.15. The third-order valence-electron chi connectivity index (χ3n) is 3.14. The number of anilines is 1. The molecule has 2 heterocycles. The van der Waals surface area contributed by atoms with Crippen LogP contribution in [-0.2, 0) is 11.0 Å². The van der Waals surface area contributed by atoms with E-state index in [-0.39, 0.29) is 17.6 Å². The predicted molar refractivity (Wildman–Crippen MR) is 68.8 cm³/mol. The van der Waals surface area contributed by atoms with E-state index in [0.717, 1.165) is 6.07 Å². The molecule has 8 heteroatoms. The third-order valence-corrected chi connectivity index (χ3v) is 3.37. The van der Waals surface area contributed by atoms with Crippen molar-refractivity contribution < 1.29 is 18.0 Å². The van der Waals surface area contributed by atoms with Crippen molar-refractivity contribution in [1.82, 2.24) is 9.88 Å². The summed E-state index contributed by atoms with van der Waals surface area (Å²) < 4.78 is 38.7.